The number of aliphatic carboxylic acids is 1. The first-order valence-corrected chi connectivity index (χ1v) is 10.1. The Morgan fingerprint density at radius 3 is 2.34 bits per heavy atom. The van der Waals surface area contributed by atoms with E-state index in [1.165, 1.54) is 5.56 Å². The predicted octanol–water partition coefficient (Wildman–Crippen LogP) is 3.20. The highest BCUT2D eigenvalue weighted by molar-refractivity contribution is 5.78. The zero-order valence-corrected chi connectivity index (χ0v) is 17.4. The van der Waals surface area contributed by atoms with E-state index in [0.717, 1.165) is 5.56 Å². The number of carboxylic acids is 1. The minimum Gasteiger partial charge on any atom is -0.481 e. The van der Waals surface area contributed by atoms with Gasteiger partial charge >= 0.3 is 12.1 Å². The molecule has 3 rings (SSSR count). The summed E-state index contributed by atoms with van der Waals surface area (Å²) in [5, 5.41) is 9.00. The molecule has 2 saturated heterocycles. The molecule has 0 aliphatic carbocycles. The van der Waals surface area contributed by atoms with Crippen LogP contribution in [-0.4, -0.2) is 58.1 Å². The molecule has 1 aromatic carbocycles. The Morgan fingerprint density at radius 1 is 1.14 bits per heavy atom. The molecule has 0 saturated carbocycles. The number of benzene rings is 1. The molecule has 7 nitrogen and oxygen atoms in total. The van der Waals surface area contributed by atoms with Crippen LogP contribution >= 0.6 is 0 Å². The van der Waals surface area contributed by atoms with Crippen molar-refractivity contribution in [3.8, 4) is 0 Å². The third-order valence-corrected chi connectivity index (χ3v) is 5.82. The maximum atomic E-state index is 12.6. The van der Waals surface area contributed by atoms with Gasteiger partial charge in [-0.25, -0.2) is 4.79 Å². The number of rotatable bonds is 6. The van der Waals surface area contributed by atoms with Crippen molar-refractivity contribution in [1.29, 1.82) is 0 Å². The standard InChI is InChI=1S/C22H30N2O5/c1-16-4-6-17(7-5-16)14-24-15-22(29-20(24)28)8-10-23(11-9-22)18(25)12-21(2,3)13-19(26)27/h4-7H,8-15H2,1-3H3,(H,26,27). The number of hydrogen-bond donors (Lipinski definition) is 1. The van der Waals surface area contributed by atoms with Crippen LogP contribution in [0.15, 0.2) is 24.3 Å². The van der Waals surface area contributed by atoms with Gasteiger partial charge in [0, 0.05) is 38.9 Å². The molecule has 2 aliphatic heterocycles. The summed E-state index contributed by atoms with van der Waals surface area (Å²) in [5.74, 6) is -0.932. The molecule has 0 bridgehead atoms. The average Bonchev–Trinajstić information content (AvgIpc) is 2.90. The number of nitrogens with zero attached hydrogens (tertiary/aromatic N) is 2. The first kappa shape index (κ1) is 21.1. The summed E-state index contributed by atoms with van der Waals surface area (Å²) in [7, 11) is 0. The molecule has 7 heteroatoms. The van der Waals surface area contributed by atoms with Gasteiger partial charge in [-0.05, 0) is 17.9 Å². The zero-order valence-electron chi connectivity index (χ0n) is 17.4. The Hall–Kier alpha value is -2.57. The van der Waals surface area contributed by atoms with Crippen LogP contribution in [0.1, 0.15) is 50.7 Å². The molecule has 0 atom stereocenters. The number of ether oxygens (including phenoxy) is 1. The van der Waals surface area contributed by atoms with Crippen molar-refractivity contribution in [3.05, 3.63) is 35.4 Å². The van der Waals surface area contributed by atoms with Crippen molar-refractivity contribution in [2.75, 3.05) is 19.6 Å². The van der Waals surface area contributed by atoms with Crippen molar-refractivity contribution >= 4 is 18.0 Å². The highest BCUT2D eigenvalue weighted by atomic mass is 16.6. The van der Waals surface area contributed by atoms with Gasteiger partial charge in [0.15, 0.2) is 0 Å². The molecular formula is C22H30N2O5. The van der Waals surface area contributed by atoms with E-state index in [0.29, 0.717) is 39.0 Å². The van der Waals surface area contributed by atoms with Gasteiger partial charge in [0.25, 0.3) is 0 Å². The monoisotopic (exact) mass is 402 g/mol. The van der Waals surface area contributed by atoms with Gasteiger partial charge in [-0.2, -0.15) is 0 Å². The Balaban J connectivity index is 1.54. The molecule has 2 fully saturated rings. The number of amides is 2. The highest BCUT2D eigenvalue weighted by Gasteiger charge is 2.47. The lowest BCUT2D eigenvalue weighted by Crippen LogP contribution is -2.49. The molecule has 2 amide bonds. The smallest absolute Gasteiger partial charge is 0.410 e. The van der Waals surface area contributed by atoms with Crippen molar-refractivity contribution < 1.29 is 24.2 Å². The van der Waals surface area contributed by atoms with E-state index in [1.54, 1.807) is 23.6 Å². The normalized spacial score (nSPS) is 18.8. The molecule has 29 heavy (non-hydrogen) atoms. The summed E-state index contributed by atoms with van der Waals surface area (Å²) >= 11 is 0. The molecule has 1 N–H and O–H groups in total. The number of carboxylic acid groups (broad SMARTS) is 1. The van der Waals surface area contributed by atoms with Crippen LogP contribution in [0.2, 0.25) is 0 Å². The fourth-order valence-corrected chi connectivity index (χ4v) is 4.15. The second-order valence-corrected chi connectivity index (χ2v) is 9.18. The molecule has 158 valence electrons. The summed E-state index contributed by atoms with van der Waals surface area (Å²) in [4.78, 5) is 39.5. The lowest BCUT2D eigenvalue weighted by Gasteiger charge is -2.38. The summed E-state index contributed by atoms with van der Waals surface area (Å²) in [6, 6.07) is 8.10. The molecule has 0 aromatic heterocycles. The van der Waals surface area contributed by atoms with E-state index >= 15 is 0 Å². The minimum absolute atomic E-state index is 0.0352. The number of aryl methyl sites for hydroxylation is 1. The van der Waals surface area contributed by atoms with Crippen LogP contribution < -0.4 is 0 Å². The Morgan fingerprint density at radius 2 is 1.76 bits per heavy atom. The van der Waals surface area contributed by atoms with Gasteiger partial charge in [0.05, 0.1) is 13.0 Å². The molecule has 0 radical (unpaired) electrons. The van der Waals surface area contributed by atoms with Crippen LogP contribution in [0, 0.1) is 12.3 Å². The first-order valence-electron chi connectivity index (χ1n) is 10.1. The fourth-order valence-electron chi connectivity index (χ4n) is 4.15. The van der Waals surface area contributed by atoms with Crippen molar-refractivity contribution in [2.24, 2.45) is 5.41 Å². The molecule has 0 unspecified atom stereocenters. The van der Waals surface area contributed by atoms with Crippen LogP contribution in [0.4, 0.5) is 4.79 Å². The number of carbonyl (C=O) groups is 3. The first-order chi connectivity index (χ1) is 13.6. The summed E-state index contributed by atoms with van der Waals surface area (Å²) < 4.78 is 5.75. The predicted molar refractivity (Wildman–Crippen MR) is 107 cm³/mol. The van der Waals surface area contributed by atoms with Gasteiger partial charge in [-0.3, -0.25) is 14.5 Å². The van der Waals surface area contributed by atoms with E-state index in [2.05, 4.69) is 0 Å². The van der Waals surface area contributed by atoms with Crippen molar-refractivity contribution in [2.45, 2.75) is 58.6 Å². The van der Waals surface area contributed by atoms with Crippen molar-refractivity contribution in [3.63, 3.8) is 0 Å². The van der Waals surface area contributed by atoms with Gasteiger partial charge in [0.1, 0.15) is 5.60 Å². The second-order valence-electron chi connectivity index (χ2n) is 9.18. The van der Waals surface area contributed by atoms with Gasteiger partial charge in [-0.1, -0.05) is 43.7 Å². The van der Waals surface area contributed by atoms with E-state index in [1.807, 2.05) is 31.2 Å². The quantitative estimate of drug-likeness (QED) is 0.790. The molecule has 2 heterocycles. The second kappa shape index (κ2) is 8.05. The van der Waals surface area contributed by atoms with Gasteiger partial charge in [-0.15, -0.1) is 0 Å². The van der Waals surface area contributed by atoms with Crippen LogP contribution in [-0.2, 0) is 20.9 Å². The third kappa shape index (κ3) is 5.28. The van der Waals surface area contributed by atoms with Crippen LogP contribution in [0.3, 0.4) is 0 Å². The number of piperidine rings is 1. The summed E-state index contributed by atoms with van der Waals surface area (Å²) in [6.45, 7) is 7.72. The zero-order chi connectivity index (χ0) is 21.2. The van der Waals surface area contributed by atoms with E-state index in [4.69, 9.17) is 9.84 Å². The maximum absolute atomic E-state index is 12.6. The highest BCUT2D eigenvalue weighted by Crippen LogP contribution is 2.35. The number of hydrogen-bond acceptors (Lipinski definition) is 4. The summed E-state index contributed by atoms with van der Waals surface area (Å²) in [5.41, 5.74) is 1.13. The topological polar surface area (TPSA) is 87.2 Å². The van der Waals surface area contributed by atoms with Gasteiger partial charge in [0.2, 0.25) is 5.91 Å². The molecule has 1 spiro atoms. The van der Waals surface area contributed by atoms with E-state index in [9.17, 15) is 14.4 Å². The van der Waals surface area contributed by atoms with Gasteiger partial charge < -0.3 is 14.7 Å². The minimum atomic E-state index is -0.896. The lowest BCUT2D eigenvalue weighted by atomic mass is 9.84. The average molecular weight is 402 g/mol. The molecule has 1 aromatic rings. The summed E-state index contributed by atoms with van der Waals surface area (Å²) in [6.07, 6.45) is 1.07. The van der Waals surface area contributed by atoms with Crippen molar-refractivity contribution in [1.82, 2.24) is 9.80 Å². The number of likely N-dealkylation sites (tertiary alicyclic amines) is 1. The lowest BCUT2D eigenvalue weighted by molar-refractivity contribution is -0.141. The molecule has 2 aliphatic rings. The third-order valence-electron chi connectivity index (χ3n) is 5.82. The number of carbonyl (C=O) groups excluding carboxylic acids is 2. The Bertz CT molecular complexity index is 779. The fraction of sp³-hybridized carbons (Fsp3) is 0.591. The Labute approximate surface area is 171 Å². The van der Waals surface area contributed by atoms with Crippen LogP contribution in [0.25, 0.3) is 0 Å². The van der Waals surface area contributed by atoms with E-state index in [-0.39, 0.29) is 24.8 Å². The largest absolute Gasteiger partial charge is 0.481 e. The maximum Gasteiger partial charge on any atom is 0.410 e. The Kier molecular flexibility index (Phi) is 5.87. The van der Waals surface area contributed by atoms with E-state index < -0.39 is 17.0 Å². The SMILES string of the molecule is Cc1ccc(CN2CC3(CCN(C(=O)CC(C)(C)CC(=O)O)CC3)OC2=O)cc1. The molecular weight excluding hydrogens is 372 g/mol. The van der Waals surface area contributed by atoms with Crippen LogP contribution in [0.5, 0.6) is 0 Å².